The van der Waals surface area contributed by atoms with Gasteiger partial charge in [0.1, 0.15) is 0 Å². The second-order valence-electron chi connectivity index (χ2n) is 4.33. The molecular formula is C11H12BrN. The summed E-state index contributed by atoms with van der Waals surface area (Å²) in [6.45, 7) is 2.57. The van der Waals surface area contributed by atoms with Gasteiger partial charge < -0.3 is 4.90 Å². The van der Waals surface area contributed by atoms with Gasteiger partial charge in [-0.2, -0.15) is 0 Å². The molecule has 1 aromatic rings. The van der Waals surface area contributed by atoms with E-state index in [0.717, 1.165) is 9.89 Å². The van der Waals surface area contributed by atoms with Crippen LogP contribution in [0.15, 0.2) is 28.7 Å². The van der Waals surface area contributed by atoms with E-state index in [0.29, 0.717) is 0 Å². The van der Waals surface area contributed by atoms with Crippen LogP contribution in [0.25, 0.3) is 0 Å². The predicted molar refractivity (Wildman–Crippen MR) is 58.0 cm³/mol. The van der Waals surface area contributed by atoms with Gasteiger partial charge in [-0.1, -0.05) is 15.9 Å². The molecule has 68 valence electrons. The van der Waals surface area contributed by atoms with Gasteiger partial charge in [0.05, 0.1) is 0 Å². The maximum absolute atomic E-state index is 3.45. The van der Waals surface area contributed by atoms with Crippen LogP contribution in [0.1, 0.15) is 12.8 Å². The zero-order valence-corrected chi connectivity index (χ0v) is 9.05. The monoisotopic (exact) mass is 237 g/mol. The van der Waals surface area contributed by atoms with Crippen molar-refractivity contribution in [3.05, 3.63) is 28.7 Å². The van der Waals surface area contributed by atoms with E-state index in [1.54, 1.807) is 0 Å². The summed E-state index contributed by atoms with van der Waals surface area (Å²) in [6.07, 6.45) is 2.92. The zero-order chi connectivity index (χ0) is 8.89. The van der Waals surface area contributed by atoms with Crippen molar-refractivity contribution in [1.29, 1.82) is 0 Å². The number of hydrogen-bond acceptors (Lipinski definition) is 1. The first-order chi connectivity index (χ1) is 6.27. The first-order valence-corrected chi connectivity index (χ1v) is 5.57. The van der Waals surface area contributed by atoms with E-state index in [4.69, 9.17) is 0 Å². The number of benzene rings is 1. The van der Waals surface area contributed by atoms with E-state index < -0.39 is 0 Å². The van der Waals surface area contributed by atoms with Crippen LogP contribution in [0.3, 0.4) is 0 Å². The van der Waals surface area contributed by atoms with Gasteiger partial charge >= 0.3 is 0 Å². The van der Waals surface area contributed by atoms with Crippen molar-refractivity contribution in [3.63, 3.8) is 0 Å². The molecule has 0 aromatic heterocycles. The number of hydrogen-bond donors (Lipinski definition) is 0. The molecule has 2 aliphatic rings. The molecule has 1 aliphatic heterocycles. The lowest BCUT2D eigenvalue weighted by Gasteiger charge is -2.41. The van der Waals surface area contributed by atoms with Crippen molar-refractivity contribution < 1.29 is 0 Å². The Labute approximate surface area is 86.9 Å². The molecule has 1 saturated heterocycles. The van der Waals surface area contributed by atoms with Crippen LogP contribution in [0.2, 0.25) is 0 Å². The Morgan fingerprint density at radius 1 is 1.08 bits per heavy atom. The molecule has 2 fully saturated rings. The molecule has 1 aliphatic carbocycles. The molecule has 0 atom stereocenters. The second-order valence-corrected chi connectivity index (χ2v) is 5.25. The van der Waals surface area contributed by atoms with Gasteiger partial charge in [0.2, 0.25) is 0 Å². The molecule has 0 radical (unpaired) electrons. The van der Waals surface area contributed by atoms with Crippen LogP contribution in [-0.2, 0) is 0 Å². The smallest absolute Gasteiger partial charge is 0.0367 e. The summed E-state index contributed by atoms with van der Waals surface area (Å²) >= 11 is 3.45. The number of halogens is 1. The lowest BCUT2D eigenvalue weighted by molar-refractivity contribution is 0.387. The van der Waals surface area contributed by atoms with E-state index in [9.17, 15) is 0 Å². The Balaban J connectivity index is 1.75. The molecule has 13 heavy (non-hydrogen) atoms. The van der Waals surface area contributed by atoms with Crippen molar-refractivity contribution in [2.75, 3.05) is 18.0 Å². The summed E-state index contributed by atoms with van der Waals surface area (Å²) < 4.78 is 1.16. The fourth-order valence-electron chi connectivity index (χ4n) is 2.09. The first-order valence-electron chi connectivity index (χ1n) is 4.78. The number of rotatable bonds is 1. The molecule has 0 amide bonds. The molecule has 2 heteroatoms. The van der Waals surface area contributed by atoms with Crippen LogP contribution in [0.5, 0.6) is 0 Å². The Kier molecular flexibility index (Phi) is 1.51. The van der Waals surface area contributed by atoms with Gasteiger partial charge in [-0.3, -0.25) is 0 Å². The Bertz CT molecular complexity index is 318. The molecule has 3 rings (SSSR count). The zero-order valence-electron chi connectivity index (χ0n) is 7.46. The lowest BCUT2D eigenvalue weighted by atomic mass is 9.96. The van der Waals surface area contributed by atoms with Crippen LogP contribution < -0.4 is 4.90 Å². The standard InChI is InChI=1S/C11H12BrN/c12-9-1-3-10(4-2-9)13-7-11(8-13)5-6-11/h1-4H,5-8H2. The third-order valence-electron chi connectivity index (χ3n) is 3.20. The third kappa shape index (κ3) is 1.28. The van der Waals surface area contributed by atoms with Crippen molar-refractivity contribution in [2.24, 2.45) is 5.41 Å². The van der Waals surface area contributed by atoms with Crippen LogP contribution in [-0.4, -0.2) is 13.1 Å². The maximum atomic E-state index is 3.45. The summed E-state index contributed by atoms with van der Waals surface area (Å²) in [5.74, 6) is 0. The third-order valence-corrected chi connectivity index (χ3v) is 3.73. The Morgan fingerprint density at radius 3 is 2.23 bits per heavy atom. The minimum atomic E-state index is 0.757. The van der Waals surface area contributed by atoms with Crippen LogP contribution >= 0.6 is 15.9 Å². The largest absolute Gasteiger partial charge is 0.370 e. The van der Waals surface area contributed by atoms with Crippen LogP contribution in [0, 0.1) is 5.41 Å². The van der Waals surface area contributed by atoms with Crippen molar-refractivity contribution in [2.45, 2.75) is 12.8 Å². The van der Waals surface area contributed by atoms with Crippen molar-refractivity contribution in [3.8, 4) is 0 Å². The minimum absolute atomic E-state index is 0.757. The average molecular weight is 238 g/mol. The van der Waals surface area contributed by atoms with Crippen molar-refractivity contribution >= 4 is 21.6 Å². The summed E-state index contributed by atoms with van der Waals surface area (Å²) in [6, 6.07) is 8.62. The fourth-order valence-corrected chi connectivity index (χ4v) is 2.36. The first kappa shape index (κ1) is 7.86. The number of nitrogens with zero attached hydrogens (tertiary/aromatic N) is 1. The summed E-state index contributed by atoms with van der Waals surface area (Å²) in [5, 5.41) is 0. The molecule has 1 nitrogen and oxygen atoms in total. The molecule has 0 N–H and O–H groups in total. The summed E-state index contributed by atoms with van der Waals surface area (Å²) in [5.41, 5.74) is 2.13. The average Bonchev–Trinajstić information content (AvgIpc) is 2.83. The van der Waals surface area contributed by atoms with Gasteiger partial charge in [0.15, 0.2) is 0 Å². The molecule has 1 spiro atoms. The van der Waals surface area contributed by atoms with Gasteiger partial charge in [0.25, 0.3) is 0 Å². The maximum Gasteiger partial charge on any atom is 0.0367 e. The van der Waals surface area contributed by atoms with Gasteiger partial charge in [-0.15, -0.1) is 0 Å². The molecule has 0 bridgehead atoms. The SMILES string of the molecule is Brc1ccc(N2CC3(CC3)C2)cc1. The van der Waals surface area contributed by atoms with E-state index in [1.807, 2.05) is 0 Å². The van der Waals surface area contributed by atoms with Gasteiger partial charge in [-0.05, 0) is 37.1 Å². The fraction of sp³-hybridized carbons (Fsp3) is 0.455. The van der Waals surface area contributed by atoms with E-state index >= 15 is 0 Å². The number of anilines is 1. The molecule has 1 saturated carbocycles. The molecular weight excluding hydrogens is 226 g/mol. The Hall–Kier alpha value is -0.500. The highest BCUT2D eigenvalue weighted by Gasteiger charge is 2.52. The second kappa shape index (κ2) is 2.50. The van der Waals surface area contributed by atoms with E-state index in [-0.39, 0.29) is 0 Å². The summed E-state index contributed by atoms with van der Waals surface area (Å²) in [7, 11) is 0. The summed E-state index contributed by atoms with van der Waals surface area (Å²) in [4.78, 5) is 2.47. The molecule has 0 unspecified atom stereocenters. The Morgan fingerprint density at radius 2 is 1.69 bits per heavy atom. The quantitative estimate of drug-likeness (QED) is 0.726. The van der Waals surface area contributed by atoms with Crippen LogP contribution in [0.4, 0.5) is 5.69 Å². The normalized spacial score (nSPS) is 23.0. The van der Waals surface area contributed by atoms with Crippen molar-refractivity contribution in [1.82, 2.24) is 0 Å². The highest BCUT2D eigenvalue weighted by Crippen LogP contribution is 2.53. The predicted octanol–water partition coefficient (Wildman–Crippen LogP) is 3.05. The molecule has 1 aromatic carbocycles. The highest BCUT2D eigenvalue weighted by atomic mass is 79.9. The molecule has 1 heterocycles. The minimum Gasteiger partial charge on any atom is -0.370 e. The van der Waals surface area contributed by atoms with Gasteiger partial charge in [0, 0.05) is 28.7 Å². The van der Waals surface area contributed by atoms with E-state index in [2.05, 4.69) is 45.1 Å². The van der Waals surface area contributed by atoms with Gasteiger partial charge in [-0.25, -0.2) is 0 Å². The highest BCUT2D eigenvalue weighted by molar-refractivity contribution is 9.10. The topological polar surface area (TPSA) is 3.24 Å². The lowest BCUT2D eigenvalue weighted by Crippen LogP contribution is -2.48. The van der Waals surface area contributed by atoms with E-state index in [1.165, 1.54) is 31.6 Å².